The van der Waals surface area contributed by atoms with Crippen LogP contribution in [0.2, 0.25) is 0 Å². The number of ether oxygens (including phenoxy) is 1. The summed E-state index contributed by atoms with van der Waals surface area (Å²) >= 11 is 0. The van der Waals surface area contributed by atoms with Gasteiger partial charge in [0.1, 0.15) is 5.75 Å². The van der Waals surface area contributed by atoms with Crippen LogP contribution in [0.4, 0.5) is 0 Å². The summed E-state index contributed by atoms with van der Waals surface area (Å²) in [4.78, 5) is 14.8. The summed E-state index contributed by atoms with van der Waals surface area (Å²) in [6, 6.07) is 18.7. The first-order chi connectivity index (χ1) is 12.2. The zero-order chi connectivity index (χ0) is 17.3. The summed E-state index contributed by atoms with van der Waals surface area (Å²) in [7, 11) is 1.70. The van der Waals surface area contributed by atoms with Crippen LogP contribution in [0.3, 0.4) is 0 Å². The van der Waals surface area contributed by atoms with E-state index in [2.05, 4.69) is 34.5 Å². The van der Waals surface area contributed by atoms with Crippen molar-refractivity contribution in [2.75, 3.05) is 20.2 Å². The van der Waals surface area contributed by atoms with Crippen molar-refractivity contribution in [3.8, 4) is 5.75 Å². The van der Waals surface area contributed by atoms with Crippen LogP contribution in [0.5, 0.6) is 5.75 Å². The van der Waals surface area contributed by atoms with Crippen molar-refractivity contribution in [3.05, 3.63) is 65.7 Å². The highest BCUT2D eigenvalue weighted by atomic mass is 16.5. The molecule has 1 N–H and O–H groups in total. The molecule has 0 saturated carbocycles. The monoisotopic (exact) mass is 336 g/mol. The maximum absolute atomic E-state index is 12.4. The third-order valence-corrected chi connectivity index (χ3v) is 5.70. The molecule has 0 bridgehead atoms. The van der Waals surface area contributed by atoms with Gasteiger partial charge in [-0.2, -0.15) is 0 Å². The maximum atomic E-state index is 12.4. The van der Waals surface area contributed by atoms with Crippen molar-refractivity contribution in [1.82, 2.24) is 10.2 Å². The van der Waals surface area contributed by atoms with Crippen molar-refractivity contribution in [2.45, 2.75) is 25.4 Å². The van der Waals surface area contributed by atoms with Gasteiger partial charge < -0.3 is 10.1 Å². The van der Waals surface area contributed by atoms with Gasteiger partial charge in [-0.15, -0.1) is 0 Å². The summed E-state index contributed by atoms with van der Waals surface area (Å²) in [5.41, 5.74) is 2.27. The highest BCUT2D eigenvalue weighted by Crippen LogP contribution is 2.49. The number of hydrogen-bond donors (Lipinski definition) is 1. The number of methoxy groups -OCH3 is 1. The largest absolute Gasteiger partial charge is 0.497 e. The van der Waals surface area contributed by atoms with Crippen LogP contribution in [0.1, 0.15) is 30.0 Å². The predicted molar refractivity (Wildman–Crippen MR) is 97.3 cm³/mol. The van der Waals surface area contributed by atoms with Gasteiger partial charge in [0.05, 0.1) is 18.6 Å². The number of nitrogens with zero attached hydrogens (tertiary/aromatic N) is 1. The Kier molecular flexibility index (Phi) is 4.22. The first-order valence-electron chi connectivity index (χ1n) is 8.92. The predicted octanol–water partition coefficient (Wildman–Crippen LogP) is 3.15. The van der Waals surface area contributed by atoms with E-state index in [1.807, 2.05) is 30.3 Å². The van der Waals surface area contributed by atoms with E-state index in [0.29, 0.717) is 0 Å². The van der Waals surface area contributed by atoms with Crippen LogP contribution in [-0.2, 0) is 11.3 Å². The molecule has 4 rings (SSSR count). The molecule has 2 fully saturated rings. The molecule has 2 heterocycles. The molecular weight excluding hydrogens is 312 g/mol. The first kappa shape index (κ1) is 16.2. The van der Waals surface area contributed by atoms with Gasteiger partial charge in [-0.3, -0.25) is 9.69 Å². The lowest BCUT2D eigenvalue weighted by Crippen LogP contribution is -2.64. The fourth-order valence-electron chi connectivity index (χ4n) is 4.17. The highest BCUT2D eigenvalue weighted by molar-refractivity contribution is 5.90. The summed E-state index contributed by atoms with van der Waals surface area (Å²) in [5, 5.41) is 3.13. The van der Waals surface area contributed by atoms with Crippen LogP contribution < -0.4 is 10.1 Å². The lowest BCUT2D eigenvalue weighted by atomic mass is 9.64. The molecule has 0 aromatic heterocycles. The Morgan fingerprint density at radius 3 is 2.56 bits per heavy atom. The molecule has 1 unspecified atom stereocenters. The van der Waals surface area contributed by atoms with E-state index in [4.69, 9.17) is 4.74 Å². The molecule has 2 aliphatic rings. The minimum Gasteiger partial charge on any atom is -0.497 e. The maximum Gasteiger partial charge on any atom is 0.229 e. The number of nitrogens with one attached hydrogen (secondary N) is 1. The Morgan fingerprint density at radius 1 is 1.12 bits per heavy atom. The highest BCUT2D eigenvalue weighted by Gasteiger charge is 2.56. The molecule has 130 valence electrons. The lowest BCUT2D eigenvalue weighted by Gasteiger charge is -2.53. The molecule has 0 aliphatic carbocycles. The molecule has 2 aromatic rings. The van der Waals surface area contributed by atoms with Gasteiger partial charge in [-0.05, 0) is 49.2 Å². The molecule has 2 aromatic carbocycles. The number of rotatable bonds is 4. The summed E-state index contributed by atoms with van der Waals surface area (Å²) < 4.78 is 5.31. The van der Waals surface area contributed by atoms with Gasteiger partial charge in [0.15, 0.2) is 0 Å². The molecule has 25 heavy (non-hydrogen) atoms. The van der Waals surface area contributed by atoms with Crippen molar-refractivity contribution in [1.29, 1.82) is 0 Å². The summed E-state index contributed by atoms with van der Waals surface area (Å²) in [6.45, 7) is 2.81. The van der Waals surface area contributed by atoms with E-state index in [9.17, 15) is 4.79 Å². The van der Waals surface area contributed by atoms with Crippen LogP contribution in [0.25, 0.3) is 0 Å². The van der Waals surface area contributed by atoms with Gasteiger partial charge >= 0.3 is 0 Å². The third kappa shape index (κ3) is 2.91. The Morgan fingerprint density at radius 2 is 1.88 bits per heavy atom. The number of amides is 1. The minimum atomic E-state index is -0.216. The molecule has 2 saturated heterocycles. The van der Waals surface area contributed by atoms with Crippen molar-refractivity contribution >= 4 is 5.91 Å². The lowest BCUT2D eigenvalue weighted by molar-refractivity contribution is -0.151. The van der Waals surface area contributed by atoms with Gasteiger partial charge in [0.25, 0.3) is 0 Å². The number of hydrogen-bond acceptors (Lipinski definition) is 3. The zero-order valence-electron chi connectivity index (χ0n) is 14.6. The molecular formula is C21H24N2O2. The topological polar surface area (TPSA) is 41.6 Å². The standard InChI is InChI=1S/C21H24N2O2/c1-25-18-9-5-6-16(14-18)15-23-12-10-21(11-13-23)19(22-20(21)24)17-7-3-2-4-8-17/h2-9,14,19H,10-13,15H2,1H3,(H,22,24). The zero-order valence-corrected chi connectivity index (χ0v) is 14.6. The van der Waals surface area contributed by atoms with Gasteiger partial charge in [-0.25, -0.2) is 0 Å². The minimum absolute atomic E-state index is 0.167. The van der Waals surface area contributed by atoms with Crippen molar-refractivity contribution in [3.63, 3.8) is 0 Å². The Hall–Kier alpha value is -2.33. The normalized spacial score (nSPS) is 22.3. The molecule has 1 spiro atoms. The second kappa shape index (κ2) is 6.52. The van der Waals surface area contributed by atoms with Crippen LogP contribution >= 0.6 is 0 Å². The second-order valence-electron chi connectivity index (χ2n) is 7.10. The molecule has 1 amide bonds. The van der Waals surface area contributed by atoms with Crippen molar-refractivity contribution < 1.29 is 9.53 Å². The molecule has 1 atom stereocenters. The van der Waals surface area contributed by atoms with Crippen LogP contribution in [0, 0.1) is 5.41 Å². The number of carbonyl (C=O) groups excluding carboxylic acids is 1. The van der Waals surface area contributed by atoms with Gasteiger partial charge in [0, 0.05) is 6.54 Å². The van der Waals surface area contributed by atoms with Gasteiger partial charge in [0.2, 0.25) is 5.91 Å². The first-order valence-corrected chi connectivity index (χ1v) is 8.92. The van der Waals surface area contributed by atoms with E-state index in [1.54, 1.807) is 7.11 Å². The summed E-state index contributed by atoms with van der Waals surface area (Å²) in [5.74, 6) is 1.12. The Bertz CT molecular complexity index is 752. The molecule has 2 aliphatic heterocycles. The fraction of sp³-hybridized carbons (Fsp3) is 0.381. The number of piperidine rings is 1. The fourth-order valence-corrected chi connectivity index (χ4v) is 4.17. The van der Waals surface area contributed by atoms with E-state index < -0.39 is 0 Å². The Labute approximate surface area is 148 Å². The quantitative estimate of drug-likeness (QED) is 0.872. The molecule has 4 heteroatoms. The third-order valence-electron chi connectivity index (χ3n) is 5.70. The number of carbonyl (C=O) groups is 1. The van der Waals surface area contributed by atoms with E-state index >= 15 is 0 Å². The Balaban J connectivity index is 1.43. The van der Waals surface area contributed by atoms with Crippen LogP contribution in [0.15, 0.2) is 54.6 Å². The SMILES string of the molecule is COc1cccc(CN2CCC3(CC2)C(=O)NC3c2ccccc2)c1. The second-order valence-corrected chi connectivity index (χ2v) is 7.10. The van der Waals surface area contributed by atoms with Gasteiger partial charge in [-0.1, -0.05) is 42.5 Å². The number of benzene rings is 2. The average molecular weight is 336 g/mol. The van der Waals surface area contributed by atoms with Crippen LogP contribution in [-0.4, -0.2) is 31.0 Å². The number of β-lactam (4-membered cyclic amide) rings is 1. The number of likely N-dealkylation sites (tertiary alicyclic amines) is 1. The average Bonchev–Trinajstić information content (AvgIpc) is 2.67. The van der Waals surface area contributed by atoms with Crippen molar-refractivity contribution in [2.24, 2.45) is 5.41 Å². The van der Waals surface area contributed by atoms with E-state index in [1.165, 1.54) is 11.1 Å². The van der Waals surface area contributed by atoms with E-state index in [0.717, 1.165) is 38.2 Å². The molecule has 0 radical (unpaired) electrons. The summed E-state index contributed by atoms with van der Waals surface area (Å²) in [6.07, 6.45) is 1.84. The van der Waals surface area contributed by atoms with E-state index in [-0.39, 0.29) is 17.4 Å². The molecule has 4 nitrogen and oxygen atoms in total. The smallest absolute Gasteiger partial charge is 0.229 e.